The summed E-state index contributed by atoms with van der Waals surface area (Å²) in [6, 6.07) is 9.00. The highest BCUT2D eigenvalue weighted by molar-refractivity contribution is 7.22. The lowest BCUT2D eigenvalue weighted by Gasteiger charge is -2.08. The zero-order valence-electron chi connectivity index (χ0n) is 11.6. The fourth-order valence-electron chi connectivity index (χ4n) is 2.51. The lowest BCUT2D eigenvalue weighted by atomic mass is 10.1. The first-order chi connectivity index (χ1) is 11.5. The van der Waals surface area contributed by atoms with Crippen LogP contribution in [-0.2, 0) is 0 Å². The molecule has 120 valence electrons. The minimum atomic E-state index is -1.93. The van der Waals surface area contributed by atoms with E-state index >= 15 is 0 Å². The standard InChI is InChI=1S/C16H5ClF4N2S/c17-16-10-9(11(18)13(20)14(21)12(10)19)15(22-23-16)8-5-6-3-1-2-4-7(6)24-8/h1-5H. The number of hydrogen-bond donors (Lipinski definition) is 0. The van der Waals surface area contributed by atoms with Crippen LogP contribution in [0.5, 0.6) is 0 Å². The number of nitrogens with zero attached hydrogens (tertiary/aromatic N) is 2. The van der Waals surface area contributed by atoms with Crippen molar-refractivity contribution in [1.29, 1.82) is 0 Å². The molecule has 2 nitrogen and oxygen atoms in total. The number of hydrogen-bond acceptors (Lipinski definition) is 3. The summed E-state index contributed by atoms with van der Waals surface area (Å²) in [5, 5.41) is 6.49. The molecule has 2 aromatic heterocycles. The van der Waals surface area contributed by atoms with Gasteiger partial charge in [0.25, 0.3) is 0 Å². The maximum atomic E-state index is 14.3. The van der Waals surface area contributed by atoms with Crippen molar-refractivity contribution in [3.63, 3.8) is 0 Å². The average molecular weight is 369 g/mol. The molecule has 0 spiro atoms. The van der Waals surface area contributed by atoms with E-state index in [1.807, 2.05) is 24.3 Å². The molecule has 0 radical (unpaired) electrons. The molecule has 0 unspecified atom stereocenters. The molecule has 8 heteroatoms. The van der Waals surface area contributed by atoms with Gasteiger partial charge >= 0.3 is 0 Å². The molecule has 0 fully saturated rings. The van der Waals surface area contributed by atoms with Gasteiger partial charge in [-0.15, -0.1) is 21.5 Å². The van der Waals surface area contributed by atoms with Gasteiger partial charge in [0.2, 0.25) is 0 Å². The van der Waals surface area contributed by atoms with Crippen molar-refractivity contribution in [3.05, 3.63) is 58.8 Å². The van der Waals surface area contributed by atoms with Gasteiger partial charge in [-0.2, -0.15) is 0 Å². The van der Waals surface area contributed by atoms with Crippen LogP contribution in [0.4, 0.5) is 17.6 Å². The van der Waals surface area contributed by atoms with Crippen molar-refractivity contribution in [2.75, 3.05) is 0 Å². The van der Waals surface area contributed by atoms with Gasteiger partial charge in [-0.05, 0) is 17.5 Å². The van der Waals surface area contributed by atoms with Crippen LogP contribution in [0.1, 0.15) is 0 Å². The summed E-state index contributed by atoms with van der Waals surface area (Å²) in [6.07, 6.45) is 0. The molecule has 0 N–H and O–H groups in total. The minimum Gasteiger partial charge on any atom is -0.203 e. The van der Waals surface area contributed by atoms with Gasteiger partial charge in [0, 0.05) is 4.70 Å². The van der Waals surface area contributed by atoms with Gasteiger partial charge in [0.1, 0.15) is 5.69 Å². The third kappa shape index (κ3) is 2.08. The maximum absolute atomic E-state index is 14.3. The number of rotatable bonds is 1. The lowest BCUT2D eigenvalue weighted by Crippen LogP contribution is -2.02. The Kier molecular flexibility index (Phi) is 3.43. The van der Waals surface area contributed by atoms with Gasteiger partial charge in [-0.3, -0.25) is 0 Å². The smallest absolute Gasteiger partial charge is 0.198 e. The molecule has 0 saturated heterocycles. The van der Waals surface area contributed by atoms with Gasteiger partial charge in [-0.1, -0.05) is 29.8 Å². The van der Waals surface area contributed by atoms with E-state index in [4.69, 9.17) is 11.6 Å². The number of thiophene rings is 1. The van der Waals surface area contributed by atoms with Crippen LogP contribution in [-0.4, -0.2) is 10.2 Å². The molecule has 0 bridgehead atoms. The van der Waals surface area contributed by atoms with E-state index in [0.29, 0.717) is 4.88 Å². The Balaban J connectivity index is 2.15. The predicted molar refractivity (Wildman–Crippen MR) is 85.2 cm³/mol. The Morgan fingerprint density at radius 1 is 0.833 bits per heavy atom. The number of benzene rings is 2. The van der Waals surface area contributed by atoms with E-state index in [1.165, 1.54) is 11.3 Å². The average Bonchev–Trinajstić information content (AvgIpc) is 3.01. The summed E-state index contributed by atoms with van der Waals surface area (Å²) >= 11 is 6.98. The zero-order chi connectivity index (χ0) is 17.0. The third-order valence-corrected chi connectivity index (χ3v) is 4.99. The summed E-state index contributed by atoms with van der Waals surface area (Å²) in [6.45, 7) is 0. The fourth-order valence-corrected chi connectivity index (χ4v) is 3.78. The van der Waals surface area contributed by atoms with Gasteiger partial charge < -0.3 is 0 Å². The molecule has 0 saturated carbocycles. The number of fused-ring (bicyclic) bond motifs is 2. The fraction of sp³-hybridized carbons (Fsp3) is 0. The molecule has 0 aliphatic heterocycles. The van der Waals surface area contributed by atoms with Crippen LogP contribution in [0.3, 0.4) is 0 Å². The number of halogens is 5. The van der Waals surface area contributed by atoms with Crippen molar-refractivity contribution < 1.29 is 17.6 Å². The quantitative estimate of drug-likeness (QED) is 0.244. The van der Waals surface area contributed by atoms with E-state index in [2.05, 4.69) is 10.2 Å². The van der Waals surface area contributed by atoms with Crippen LogP contribution in [0, 0.1) is 23.3 Å². The summed E-state index contributed by atoms with van der Waals surface area (Å²) in [5.41, 5.74) is -0.0918. The van der Waals surface area contributed by atoms with Crippen molar-refractivity contribution in [2.45, 2.75) is 0 Å². The molecule has 0 aliphatic rings. The van der Waals surface area contributed by atoms with E-state index in [0.717, 1.165) is 10.1 Å². The summed E-state index contributed by atoms with van der Waals surface area (Å²) in [4.78, 5) is 0.440. The van der Waals surface area contributed by atoms with Crippen molar-refractivity contribution in [1.82, 2.24) is 10.2 Å². The first kappa shape index (κ1) is 15.3. The number of aromatic nitrogens is 2. The van der Waals surface area contributed by atoms with Gasteiger partial charge in [0.15, 0.2) is 28.4 Å². The van der Waals surface area contributed by atoms with Crippen LogP contribution < -0.4 is 0 Å². The first-order valence-corrected chi connectivity index (χ1v) is 7.85. The Morgan fingerprint density at radius 2 is 1.50 bits per heavy atom. The molecule has 24 heavy (non-hydrogen) atoms. The van der Waals surface area contributed by atoms with Crippen molar-refractivity contribution in [2.24, 2.45) is 0 Å². The summed E-state index contributed by atoms with van der Waals surface area (Å²) in [5.74, 6) is -6.98. The molecular weight excluding hydrogens is 364 g/mol. The monoisotopic (exact) mass is 368 g/mol. The molecule has 2 aromatic carbocycles. The topological polar surface area (TPSA) is 25.8 Å². The third-order valence-electron chi connectivity index (χ3n) is 3.61. The van der Waals surface area contributed by atoms with Crippen LogP contribution in [0.15, 0.2) is 30.3 Å². The van der Waals surface area contributed by atoms with Crippen molar-refractivity contribution in [3.8, 4) is 10.6 Å². The molecular formula is C16H5ClF4N2S. The molecule has 0 amide bonds. The summed E-state index contributed by atoms with van der Waals surface area (Å²) in [7, 11) is 0. The van der Waals surface area contributed by atoms with E-state index < -0.39 is 39.2 Å². The highest BCUT2D eigenvalue weighted by atomic mass is 35.5. The largest absolute Gasteiger partial charge is 0.203 e. The Labute approximate surface area is 141 Å². The maximum Gasteiger partial charge on any atom is 0.198 e. The first-order valence-electron chi connectivity index (χ1n) is 6.66. The lowest BCUT2D eigenvalue weighted by molar-refractivity contribution is 0.418. The Bertz CT molecular complexity index is 1090. The Morgan fingerprint density at radius 3 is 2.21 bits per heavy atom. The van der Waals surface area contributed by atoms with Crippen LogP contribution in [0.25, 0.3) is 31.4 Å². The van der Waals surface area contributed by atoms with Crippen LogP contribution in [0.2, 0.25) is 5.15 Å². The SMILES string of the molecule is Fc1c(F)c(F)c2c(-c3cc4ccccc4s3)nnc(Cl)c2c1F. The van der Waals surface area contributed by atoms with E-state index in [9.17, 15) is 17.6 Å². The van der Waals surface area contributed by atoms with E-state index in [-0.39, 0.29) is 5.69 Å². The molecule has 4 rings (SSSR count). The zero-order valence-corrected chi connectivity index (χ0v) is 13.2. The van der Waals surface area contributed by atoms with Gasteiger partial charge in [-0.25, -0.2) is 17.6 Å². The molecule has 4 aromatic rings. The highest BCUT2D eigenvalue weighted by Gasteiger charge is 2.26. The van der Waals surface area contributed by atoms with Crippen LogP contribution >= 0.6 is 22.9 Å². The normalized spacial score (nSPS) is 11.5. The minimum absolute atomic E-state index is 0.0918. The van der Waals surface area contributed by atoms with E-state index in [1.54, 1.807) is 6.07 Å². The second kappa shape index (κ2) is 5.39. The predicted octanol–water partition coefficient (Wildman–Crippen LogP) is 5.72. The summed E-state index contributed by atoms with van der Waals surface area (Å²) < 4.78 is 56.4. The van der Waals surface area contributed by atoms with Gasteiger partial charge in [0.05, 0.1) is 15.6 Å². The second-order valence-electron chi connectivity index (χ2n) is 4.99. The molecule has 0 atom stereocenters. The second-order valence-corrected chi connectivity index (χ2v) is 6.44. The Hall–Kier alpha value is -2.25. The highest BCUT2D eigenvalue weighted by Crippen LogP contribution is 2.39. The molecule has 0 aliphatic carbocycles. The molecule has 2 heterocycles. The van der Waals surface area contributed by atoms with Crippen molar-refractivity contribution >= 4 is 43.8 Å².